The van der Waals surface area contributed by atoms with Gasteiger partial charge in [-0.2, -0.15) is 0 Å². The van der Waals surface area contributed by atoms with E-state index in [1.54, 1.807) is 0 Å². The van der Waals surface area contributed by atoms with Crippen LogP contribution in [0.25, 0.3) is 0 Å². The summed E-state index contributed by atoms with van der Waals surface area (Å²) in [6, 6.07) is 1.60. The van der Waals surface area contributed by atoms with Crippen molar-refractivity contribution in [3.63, 3.8) is 0 Å². The summed E-state index contributed by atoms with van der Waals surface area (Å²) in [5.41, 5.74) is 34.6. The van der Waals surface area contributed by atoms with Gasteiger partial charge in [0.1, 0.15) is 0 Å². The Morgan fingerprint density at radius 1 is 0.333 bits per heavy atom. The summed E-state index contributed by atoms with van der Waals surface area (Å²) < 4.78 is 0. The first-order valence-corrected chi connectivity index (χ1v) is 24.9. The summed E-state index contributed by atoms with van der Waals surface area (Å²) in [7, 11) is 0. The van der Waals surface area contributed by atoms with Crippen LogP contribution < -0.4 is 66.3 Å². The molecular weight excluding hydrogens is 793 g/mol. The minimum Gasteiger partial charge on any atom is -0.329 e. The first kappa shape index (κ1) is 60.3. The maximum absolute atomic E-state index is 6.03. The largest absolute Gasteiger partial charge is 0.329 e. The Labute approximate surface area is 388 Å². The lowest BCUT2D eigenvalue weighted by molar-refractivity contribution is 0.0830. The van der Waals surface area contributed by atoms with Gasteiger partial charge in [0.05, 0.1) is 0 Å². The molecule has 63 heavy (non-hydrogen) atoms. The highest BCUT2D eigenvalue weighted by molar-refractivity contribution is 4.85. The standard InChI is InChI=1S/C12H28N4.C10H24N4.C8H19N3.C7H17N3.2C4H10N2/c1-11(2,13)9-15-5-7-16(8-6-15)10-12(3,4)14;1-9(7-11)13-3-5-14(6-4-13)10(2)8-12;1-8(2,9)7-11-5-3-10-4-6-11;1-7(6-8)10-4-2-9-3-5-10;2*1-2-6-4-3-5-1/h5-10,13-14H2,1-4H3;9-10H,3-8,11-12H2,1-2H3;10H,3-7,9H2,1-2H3;7,9H,2-6,8H2,1H3;2*5-6H,1-4H2. The molecule has 18 nitrogen and oxygen atoms in total. The van der Waals surface area contributed by atoms with Gasteiger partial charge < -0.3 is 66.3 Å². The average Bonchev–Trinajstić information content (AvgIpc) is 3.27. The van der Waals surface area contributed by atoms with Gasteiger partial charge in [0.15, 0.2) is 0 Å². The smallest absolute Gasteiger partial charge is 0.0226 e. The van der Waals surface area contributed by atoms with E-state index in [4.69, 9.17) is 34.4 Å². The third kappa shape index (κ3) is 33.4. The number of hydrogen-bond donors (Lipinski definition) is 12. The van der Waals surface area contributed by atoms with Crippen molar-refractivity contribution >= 4 is 0 Å². The van der Waals surface area contributed by atoms with Crippen molar-refractivity contribution in [3.05, 3.63) is 0 Å². The van der Waals surface area contributed by atoms with Crippen molar-refractivity contribution in [2.75, 3.05) is 196 Å². The first-order valence-electron chi connectivity index (χ1n) is 24.9. The van der Waals surface area contributed by atoms with Crippen LogP contribution in [0, 0.1) is 0 Å². The molecule has 0 spiro atoms. The zero-order valence-electron chi connectivity index (χ0n) is 42.6. The third-order valence-corrected chi connectivity index (χ3v) is 11.9. The summed E-state index contributed by atoms with van der Waals surface area (Å²) in [5.74, 6) is 0. The van der Waals surface area contributed by atoms with Crippen LogP contribution in [-0.4, -0.2) is 260 Å². The van der Waals surface area contributed by atoms with Crippen LogP contribution in [-0.2, 0) is 0 Å². The number of nitrogens with one attached hydrogen (secondary N) is 6. The second kappa shape index (κ2) is 34.6. The van der Waals surface area contributed by atoms with Crippen molar-refractivity contribution < 1.29 is 0 Å². The highest BCUT2D eigenvalue weighted by atomic mass is 15.3. The van der Waals surface area contributed by atoms with Gasteiger partial charge in [-0.3, -0.25) is 29.4 Å². The SMILES string of the molecule is C1CNCCN1.C1CNCCN1.CC(C)(N)CN1CCN(CC(C)(C)N)CC1.CC(C)(N)CN1CCNCC1.CC(CN)N1CCN(C(C)CN)CC1.CC(CN)N1CCNCC1. The van der Waals surface area contributed by atoms with Gasteiger partial charge in [-0.05, 0) is 62.3 Å². The molecule has 6 aliphatic heterocycles. The summed E-state index contributed by atoms with van der Waals surface area (Å²) in [6.07, 6.45) is 0. The zero-order chi connectivity index (χ0) is 47.2. The Balaban J connectivity index is 0.000000390. The maximum atomic E-state index is 6.03. The molecule has 6 saturated heterocycles. The van der Waals surface area contributed by atoms with E-state index in [0.29, 0.717) is 18.1 Å². The summed E-state index contributed by atoms with van der Waals surface area (Å²) in [4.78, 5) is 14.6. The normalized spacial score (nSPS) is 23.3. The van der Waals surface area contributed by atoms with Crippen molar-refractivity contribution in [1.82, 2.24) is 61.3 Å². The quantitative estimate of drug-likeness (QED) is 0.0914. The lowest BCUT2D eigenvalue weighted by Gasteiger charge is -2.40. The third-order valence-electron chi connectivity index (χ3n) is 11.9. The summed E-state index contributed by atoms with van der Waals surface area (Å²) in [5, 5.41) is 19.5. The molecule has 6 heterocycles. The molecule has 378 valence electrons. The van der Waals surface area contributed by atoms with Gasteiger partial charge in [-0.1, -0.05) is 0 Å². The fourth-order valence-electron chi connectivity index (χ4n) is 8.10. The van der Waals surface area contributed by atoms with E-state index >= 15 is 0 Å². The zero-order valence-corrected chi connectivity index (χ0v) is 42.6. The molecule has 6 rings (SSSR count). The molecule has 0 bridgehead atoms. The summed E-state index contributed by atoms with van der Waals surface area (Å²) >= 11 is 0. The van der Waals surface area contributed by atoms with Gasteiger partial charge in [0.2, 0.25) is 0 Å². The second-order valence-electron chi connectivity index (χ2n) is 20.7. The van der Waals surface area contributed by atoms with Crippen LogP contribution in [0.2, 0.25) is 0 Å². The fraction of sp³-hybridized carbons (Fsp3) is 1.00. The van der Waals surface area contributed by atoms with Gasteiger partial charge in [0.25, 0.3) is 0 Å². The average molecular weight is 901 g/mol. The minimum atomic E-state index is -0.0880. The Morgan fingerprint density at radius 2 is 0.540 bits per heavy atom. The predicted molar refractivity (Wildman–Crippen MR) is 272 cm³/mol. The van der Waals surface area contributed by atoms with E-state index in [1.165, 1.54) is 0 Å². The Hall–Kier alpha value is -0.720. The van der Waals surface area contributed by atoms with E-state index in [0.717, 1.165) is 196 Å². The number of piperazine rings is 6. The van der Waals surface area contributed by atoms with Gasteiger partial charge in [-0.25, -0.2) is 0 Å². The van der Waals surface area contributed by atoms with Gasteiger partial charge in [-0.15, -0.1) is 0 Å². The molecule has 0 amide bonds. The predicted octanol–water partition coefficient (Wildman–Crippen LogP) is -3.40. The van der Waals surface area contributed by atoms with E-state index < -0.39 is 0 Å². The number of hydrogen-bond acceptors (Lipinski definition) is 18. The van der Waals surface area contributed by atoms with Gasteiger partial charge in [0, 0.05) is 231 Å². The van der Waals surface area contributed by atoms with Gasteiger partial charge >= 0.3 is 0 Å². The van der Waals surface area contributed by atoms with Crippen molar-refractivity contribution in [1.29, 1.82) is 0 Å². The van der Waals surface area contributed by atoms with Crippen LogP contribution >= 0.6 is 0 Å². The number of rotatable bonds is 12. The van der Waals surface area contributed by atoms with Crippen LogP contribution in [0.1, 0.15) is 62.3 Å². The molecular formula is C45H108N18. The molecule has 6 fully saturated rings. The molecule has 18 N–H and O–H groups in total. The lowest BCUT2D eigenvalue weighted by atomic mass is 10.0. The molecule has 6 aliphatic rings. The molecule has 0 saturated carbocycles. The number of nitrogens with two attached hydrogens (primary N) is 6. The molecule has 3 atom stereocenters. The monoisotopic (exact) mass is 901 g/mol. The Kier molecular flexibility index (Phi) is 33.1. The fourth-order valence-corrected chi connectivity index (χ4v) is 8.10. The van der Waals surface area contributed by atoms with E-state index in [2.05, 4.69) is 124 Å². The second-order valence-corrected chi connectivity index (χ2v) is 20.7. The minimum absolute atomic E-state index is 0.0443. The van der Waals surface area contributed by atoms with Crippen molar-refractivity contribution in [2.24, 2.45) is 34.4 Å². The maximum Gasteiger partial charge on any atom is 0.0226 e. The molecule has 18 heteroatoms. The Bertz CT molecular complexity index is 940. The van der Waals surface area contributed by atoms with E-state index in [9.17, 15) is 0 Å². The van der Waals surface area contributed by atoms with Crippen LogP contribution in [0.4, 0.5) is 0 Å². The van der Waals surface area contributed by atoms with Crippen LogP contribution in [0.5, 0.6) is 0 Å². The molecule has 3 unspecified atom stereocenters. The highest BCUT2D eigenvalue weighted by Gasteiger charge is 2.25. The Morgan fingerprint density at radius 3 is 0.762 bits per heavy atom. The summed E-state index contributed by atoms with van der Waals surface area (Å²) in [6.45, 7) is 51.4. The molecule has 0 aromatic heterocycles. The number of nitrogens with zero attached hydrogens (tertiary/aromatic N) is 6. The topological polar surface area (TPSA) is 248 Å². The van der Waals surface area contributed by atoms with Crippen LogP contribution in [0.3, 0.4) is 0 Å². The molecule has 0 aromatic rings. The molecule has 0 radical (unpaired) electrons. The molecule has 0 aromatic carbocycles. The van der Waals surface area contributed by atoms with Crippen LogP contribution in [0.15, 0.2) is 0 Å². The molecule has 0 aliphatic carbocycles. The van der Waals surface area contributed by atoms with E-state index in [-0.39, 0.29) is 16.6 Å². The van der Waals surface area contributed by atoms with Crippen molar-refractivity contribution in [3.8, 4) is 0 Å². The lowest BCUT2D eigenvalue weighted by Crippen LogP contribution is -2.56. The first-order chi connectivity index (χ1) is 29.8. The van der Waals surface area contributed by atoms with Crippen molar-refractivity contribution in [2.45, 2.75) is 97.1 Å². The van der Waals surface area contributed by atoms with E-state index in [1.807, 2.05) is 0 Å². The highest BCUT2D eigenvalue weighted by Crippen LogP contribution is 2.10.